The van der Waals surface area contributed by atoms with Gasteiger partial charge in [0.25, 0.3) is 0 Å². The average molecular weight is 526 g/mol. The molecule has 0 amide bonds. The molecule has 1 fully saturated rings. The number of hydrogen-bond acceptors (Lipinski definition) is 2. The van der Waals surface area contributed by atoms with Crippen molar-refractivity contribution in [3.05, 3.63) is 89.1 Å². The number of nitriles is 1. The number of rotatable bonds is 2. The SMILES string of the molecule is Cc1ccc2c(oc3c(-c4ccc5c(c4)C(C)(C)C4(CCCC4)C5(C)C)c(C#N)ccc32)c1-c1cccc[n+]1C. The number of aryl methyl sites for hydroxylation is 2. The summed E-state index contributed by atoms with van der Waals surface area (Å²) in [6.45, 7) is 12.0. The lowest BCUT2D eigenvalue weighted by Gasteiger charge is -2.47. The molecule has 0 aliphatic heterocycles. The standard InChI is InChI=1S/C37H37N2O/c1-23-12-15-26-27-16-13-25(22-38)32(34(27)40-33(26)31(23)30-11-7-10-20-39(30)6)24-14-17-28-29(21-24)36(4,5)37(35(28,2)3)18-8-9-19-37/h7,10-17,20-21H,8-9,18-19H2,1-6H3/q+1. The first-order valence-corrected chi connectivity index (χ1v) is 14.6. The minimum Gasteiger partial charge on any atom is -0.454 e. The molecule has 0 N–H and O–H groups in total. The number of benzene rings is 3. The van der Waals surface area contributed by atoms with Gasteiger partial charge in [-0.2, -0.15) is 5.26 Å². The monoisotopic (exact) mass is 525 g/mol. The second kappa shape index (κ2) is 8.31. The molecule has 3 nitrogen and oxygen atoms in total. The minimum absolute atomic E-state index is 0.0548. The van der Waals surface area contributed by atoms with Gasteiger partial charge < -0.3 is 4.42 Å². The van der Waals surface area contributed by atoms with Crippen molar-refractivity contribution in [3.63, 3.8) is 0 Å². The van der Waals surface area contributed by atoms with Gasteiger partial charge in [0.1, 0.15) is 18.2 Å². The summed E-state index contributed by atoms with van der Waals surface area (Å²) in [7, 11) is 2.07. The van der Waals surface area contributed by atoms with E-state index < -0.39 is 0 Å². The summed E-state index contributed by atoms with van der Waals surface area (Å²) in [6, 6.07) is 24.1. The maximum absolute atomic E-state index is 10.3. The molecule has 3 aromatic carbocycles. The third-order valence-electron chi connectivity index (χ3n) is 11.0. The van der Waals surface area contributed by atoms with Crippen molar-refractivity contribution >= 4 is 21.9 Å². The zero-order chi connectivity index (χ0) is 28.0. The number of nitrogens with zero attached hydrogens (tertiary/aromatic N) is 2. The highest BCUT2D eigenvalue weighted by Crippen LogP contribution is 2.68. The summed E-state index contributed by atoms with van der Waals surface area (Å²) in [6.07, 6.45) is 7.24. The molecule has 3 heteroatoms. The van der Waals surface area contributed by atoms with E-state index in [2.05, 4.69) is 107 Å². The Labute approximate surface area is 237 Å². The fourth-order valence-electron chi connectivity index (χ4n) is 8.77. The Bertz CT molecular complexity index is 1890. The maximum atomic E-state index is 10.3. The van der Waals surface area contributed by atoms with Gasteiger partial charge in [-0.15, -0.1) is 0 Å². The smallest absolute Gasteiger partial charge is 0.216 e. The Hall–Kier alpha value is -3.90. The Morgan fingerprint density at radius 2 is 1.48 bits per heavy atom. The summed E-state index contributed by atoms with van der Waals surface area (Å²) >= 11 is 0. The second-order valence-electron chi connectivity index (χ2n) is 13.2. The zero-order valence-corrected chi connectivity index (χ0v) is 24.5. The molecule has 40 heavy (non-hydrogen) atoms. The van der Waals surface area contributed by atoms with E-state index in [4.69, 9.17) is 4.42 Å². The van der Waals surface area contributed by atoms with Gasteiger partial charge in [0.05, 0.1) is 17.2 Å². The van der Waals surface area contributed by atoms with Crippen molar-refractivity contribution in [1.82, 2.24) is 0 Å². The Morgan fingerprint density at radius 1 is 0.800 bits per heavy atom. The largest absolute Gasteiger partial charge is 0.454 e. The van der Waals surface area contributed by atoms with Crippen LogP contribution >= 0.6 is 0 Å². The van der Waals surface area contributed by atoms with E-state index in [1.807, 2.05) is 12.1 Å². The first-order chi connectivity index (χ1) is 19.1. The summed E-state index contributed by atoms with van der Waals surface area (Å²) < 4.78 is 8.98. The number of hydrogen-bond donors (Lipinski definition) is 0. The molecule has 0 atom stereocenters. The molecule has 0 radical (unpaired) electrons. The summed E-state index contributed by atoms with van der Waals surface area (Å²) in [5.41, 5.74) is 11.0. The molecule has 2 aliphatic rings. The van der Waals surface area contributed by atoms with Crippen molar-refractivity contribution in [1.29, 1.82) is 5.26 Å². The van der Waals surface area contributed by atoms with Crippen molar-refractivity contribution in [3.8, 4) is 28.5 Å². The molecule has 2 aliphatic carbocycles. The Balaban J connectivity index is 1.51. The van der Waals surface area contributed by atoms with Crippen LogP contribution in [-0.2, 0) is 17.9 Å². The highest BCUT2D eigenvalue weighted by molar-refractivity contribution is 6.14. The van der Waals surface area contributed by atoms with Crippen LogP contribution in [0.3, 0.4) is 0 Å². The van der Waals surface area contributed by atoms with Gasteiger partial charge in [-0.05, 0) is 76.5 Å². The lowest BCUT2D eigenvalue weighted by molar-refractivity contribution is -0.660. The number of pyridine rings is 1. The molecule has 0 unspecified atom stereocenters. The minimum atomic E-state index is 0.0548. The first-order valence-electron chi connectivity index (χ1n) is 14.6. The fourth-order valence-corrected chi connectivity index (χ4v) is 8.77. The average Bonchev–Trinajstić information content (AvgIpc) is 3.62. The highest BCUT2D eigenvalue weighted by Gasteiger charge is 2.62. The second-order valence-corrected chi connectivity index (χ2v) is 13.2. The molecule has 5 aromatic rings. The van der Waals surface area contributed by atoms with Crippen molar-refractivity contribution in [2.75, 3.05) is 0 Å². The normalized spacial score (nSPS) is 18.4. The van der Waals surface area contributed by atoms with Gasteiger partial charge in [0.15, 0.2) is 6.20 Å². The van der Waals surface area contributed by atoms with Crippen LogP contribution in [0.25, 0.3) is 44.3 Å². The van der Waals surface area contributed by atoms with Crippen molar-refractivity contribution < 1.29 is 8.98 Å². The summed E-state index contributed by atoms with van der Waals surface area (Å²) in [5, 5.41) is 12.4. The van der Waals surface area contributed by atoms with E-state index in [-0.39, 0.29) is 16.2 Å². The van der Waals surface area contributed by atoms with Crippen LogP contribution < -0.4 is 4.57 Å². The van der Waals surface area contributed by atoms with E-state index in [0.29, 0.717) is 5.56 Å². The van der Waals surface area contributed by atoms with Gasteiger partial charge in [-0.1, -0.05) is 70.9 Å². The third-order valence-corrected chi connectivity index (χ3v) is 11.0. The van der Waals surface area contributed by atoms with Crippen LogP contribution in [0, 0.1) is 23.7 Å². The van der Waals surface area contributed by atoms with Crippen LogP contribution in [0.15, 0.2) is 71.3 Å². The van der Waals surface area contributed by atoms with Crippen LogP contribution in [-0.4, -0.2) is 0 Å². The molecule has 7 rings (SSSR count). The van der Waals surface area contributed by atoms with Crippen molar-refractivity contribution in [2.24, 2.45) is 12.5 Å². The van der Waals surface area contributed by atoms with Crippen LogP contribution in [0.4, 0.5) is 0 Å². The molecule has 1 saturated carbocycles. The quantitative estimate of drug-likeness (QED) is 0.216. The van der Waals surface area contributed by atoms with Gasteiger partial charge in [-0.25, -0.2) is 4.57 Å². The van der Waals surface area contributed by atoms with E-state index >= 15 is 0 Å². The highest BCUT2D eigenvalue weighted by atomic mass is 16.3. The predicted molar refractivity (Wildman–Crippen MR) is 162 cm³/mol. The molecular formula is C37H37N2O+. The van der Waals surface area contributed by atoms with E-state index in [0.717, 1.165) is 44.3 Å². The zero-order valence-electron chi connectivity index (χ0n) is 24.5. The molecule has 200 valence electrons. The van der Waals surface area contributed by atoms with Crippen LogP contribution in [0.1, 0.15) is 75.6 Å². The number of fused-ring (bicyclic) bond motifs is 4. The maximum Gasteiger partial charge on any atom is 0.216 e. The Morgan fingerprint density at radius 3 is 2.17 bits per heavy atom. The summed E-state index contributed by atoms with van der Waals surface area (Å²) in [4.78, 5) is 0. The van der Waals surface area contributed by atoms with Gasteiger partial charge in [0.2, 0.25) is 5.69 Å². The molecule has 2 aromatic heterocycles. The molecule has 1 spiro atoms. The van der Waals surface area contributed by atoms with Crippen LogP contribution in [0.2, 0.25) is 0 Å². The number of furan rings is 1. The molecule has 2 heterocycles. The molecule has 0 bridgehead atoms. The lowest BCUT2D eigenvalue weighted by Crippen LogP contribution is -2.45. The summed E-state index contributed by atoms with van der Waals surface area (Å²) in [5.74, 6) is 0. The van der Waals surface area contributed by atoms with Gasteiger partial charge >= 0.3 is 0 Å². The van der Waals surface area contributed by atoms with Gasteiger partial charge in [0, 0.05) is 28.5 Å². The van der Waals surface area contributed by atoms with Crippen LogP contribution in [0.5, 0.6) is 0 Å². The van der Waals surface area contributed by atoms with E-state index in [1.54, 1.807) is 0 Å². The first kappa shape index (κ1) is 25.1. The van der Waals surface area contributed by atoms with E-state index in [1.165, 1.54) is 42.4 Å². The Kier molecular flexibility index (Phi) is 5.21. The fraction of sp³-hybridized carbons (Fsp3) is 0.351. The van der Waals surface area contributed by atoms with E-state index in [9.17, 15) is 5.26 Å². The van der Waals surface area contributed by atoms with Crippen molar-refractivity contribution in [2.45, 2.75) is 71.1 Å². The number of aromatic nitrogens is 1. The molecular weight excluding hydrogens is 488 g/mol. The third kappa shape index (κ3) is 3.03. The molecule has 0 saturated heterocycles. The topological polar surface area (TPSA) is 40.8 Å². The predicted octanol–water partition coefficient (Wildman–Crippen LogP) is 9.05. The lowest BCUT2D eigenvalue weighted by atomic mass is 9.56. The van der Waals surface area contributed by atoms with Gasteiger partial charge in [-0.3, -0.25) is 0 Å².